The molecule has 4 unspecified atom stereocenters. The Morgan fingerprint density at radius 3 is 2.93 bits per heavy atom. The van der Waals surface area contributed by atoms with Gasteiger partial charge >= 0.3 is 0 Å². The van der Waals surface area contributed by atoms with Gasteiger partial charge in [-0.1, -0.05) is 32.8 Å². The molecule has 1 aromatic carbocycles. The lowest BCUT2D eigenvalue weighted by atomic mass is 9.54. The third kappa shape index (κ3) is 3.64. The molecule has 0 bridgehead atoms. The first kappa shape index (κ1) is 19.6. The SMILES string of the molecule is CCCC[C@H]1CCC2C3CCc4cc(OSOON)ccc4C3CCC21C. The first-order valence-electron chi connectivity index (χ1n) is 10.7. The summed E-state index contributed by atoms with van der Waals surface area (Å²) in [6, 6.07) is 6.52. The van der Waals surface area contributed by atoms with Gasteiger partial charge in [0, 0.05) is 0 Å². The first-order chi connectivity index (χ1) is 13.2. The summed E-state index contributed by atoms with van der Waals surface area (Å²) in [6.45, 7) is 4.96. The second kappa shape index (κ2) is 8.32. The zero-order valence-electron chi connectivity index (χ0n) is 16.6. The smallest absolute Gasteiger partial charge is 0.260 e. The summed E-state index contributed by atoms with van der Waals surface area (Å²) in [6.07, 6.45) is 12.4. The number of fused-ring (bicyclic) bond motifs is 5. The highest BCUT2D eigenvalue weighted by Crippen LogP contribution is 2.63. The van der Waals surface area contributed by atoms with Crippen LogP contribution in [0.1, 0.15) is 82.3 Å². The molecule has 0 heterocycles. The minimum Gasteiger partial charge on any atom is -0.399 e. The van der Waals surface area contributed by atoms with Crippen LogP contribution in [-0.2, 0) is 15.7 Å². The molecule has 2 saturated carbocycles. The van der Waals surface area contributed by atoms with E-state index in [-0.39, 0.29) is 0 Å². The van der Waals surface area contributed by atoms with E-state index in [2.05, 4.69) is 41.4 Å². The summed E-state index contributed by atoms with van der Waals surface area (Å²) < 4.78 is 10.0. The van der Waals surface area contributed by atoms with Crippen LogP contribution in [0.5, 0.6) is 5.75 Å². The second-order valence-electron chi connectivity index (χ2n) is 9.05. The summed E-state index contributed by atoms with van der Waals surface area (Å²) in [5.41, 5.74) is 3.61. The molecule has 4 rings (SSSR count). The van der Waals surface area contributed by atoms with Gasteiger partial charge in [-0.3, -0.25) is 0 Å². The number of benzene rings is 1. The van der Waals surface area contributed by atoms with Crippen LogP contribution in [0.15, 0.2) is 18.2 Å². The fraction of sp³-hybridized carbons (Fsp3) is 0.727. The van der Waals surface area contributed by atoms with Gasteiger partial charge in [0.2, 0.25) is 0 Å². The molecule has 4 nitrogen and oxygen atoms in total. The van der Waals surface area contributed by atoms with E-state index < -0.39 is 0 Å². The van der Waals surface area contributed by atoms with Crippen molar-refractivity contribution in [2.24, 2.45) is 29.1 Å². The zero-order chi connectivity index (χ0) is 18.9. The zero-order valence-corrected chi connectivity index (χ0v) is 17.4. The molecule has 150 valence electrons. The number of aryl methyl sites for hydroxylation is 1. The highest BCUT2D eigenvalue weighted by molar-refractivity contribution is 7.90. The number of unbranched alkanes of at least 4 members (excludes halogenated alkanes) is 1. The molecule has 0 saturated heterocycles. The van der Waals surface area contributed by atoms with Gasteiger partial charge in [0.05, 0.1) is 0 Å². The molecule has 0 spiro atoms. The third-order valence-electron chi connectivity index (χ3n) is 8.00. The van der Waals surface area contributed by atoms with Crippen LogP contribution in [0, 0.1) is 23.2 Å². The fourth-order valence-corrected chi connectivity index (χ4v) is 6.96. The average Bonchev–Trinajstić information content (AvgIpc) is 3.02. The van der Waals surface area contributed by atoms with Gasteiger partial charge in [-0.05, 0) is 97.3 Å². The molecule has 3 aliphatic rings. The summed E-state index contributed by atoms with van der Waals surface area (Å²) in [7, 11) is 0. The van der Waals surface area contributed by atoms with Crippen LogP contribution < -0.4 is 10.1 Å². The molecule has 0 amide bonds. The van der Waals surface area contributed by atoms with Crippen molar-refractivity contribution in [2.45, 2.75) is 77.6 Å². The van der Waals surface area contributed by atoms with Crippen LogP contribution in [0.25, 0.3) is 0 Å². The van der Waals surface area contributed by atoms with Crippen molar-refractivity contribution in [3.05, 3.63) is 29.3 Å². The summed E-state index contributed by atoms with van der Waals surface area (Å²) in [5.74, 6) is 9.14. The van der Waals surface area contributed by atoms with E-state index in [1.165, 1.54) is 63.4 Å². The highest BCUT2D eigenvalue weighted by atomic mass is 32.2. The van der Waals surface area contributed by atoms with Gasteiger partial charge in [0.15, 0.2) is 0 Å². The van der Waals surface area contributed by atoms with Crippen molar-refractivity contribution in [1.29, 1.82) is 0 Å². The average molecular weight is 392 g/mol. The van der Waals surface area contributed by atoms with E-state index in [1.54, 1.807) is 5.56 Å². The second-order valence-corrected chi connectivity index (χ2v) is 9.49. The van der Waals surface area contributed by atoms with E-state index in [4.69, 9.17) is 10.1 Å². The van der Waals surface area contributed by atoms with Gasteiger partial charge in [-0.15, -0.1) is 9.32 Å². The van der Waals surface area contributed by atoms with Crippen molar-refractivity contribution in [3.63, 3.8) is 0 Å². The predicted octanol–water partition coefficient (Wildman–Crippen LogP) is 6.11. The maximum atomic E-state index is 5.47. The van der Waals surface area contributed by atoms with Crippen molar-refractivity contribution >= 4 is 12.3 Å². The molecule has 2 N–H and O–H groups in total. The Labute approximate surface area is 167 Å². The monoisotopic (exact) mass is 391 g/mol. The van der Waals surface area contributed by atoms with Gasteiger partial charge in [0.1, 0.15) is 5.75 Å². The maximum absolute atomic E-state index is 5.47. The Bertz CT molecular complexity index is 654. The Morgan fingerprint density at radius 1 is 1.22 bits per heavy atom. The fourth-order valence-electron chi connectivity index (χ4n) is 6.71. The van der Waals surface area contributed by atoms with Crippen LogP contribution in [-0.4, -0.2) is 0 Å². The number of hydrogen-bond acceptors (Lipinski definition) is 5. The van der Waals surface area contributed by atoms with E-state index in [9.17, 15) is 0 Å². The molecule has 5 heteroatoms. The predicted molar refractivity (Wildman–Crippen MR) is 109 cm³/mol. The van der Waals surface area contributed by atoms with Crippen LogP contribution in [0.2, 0.25) is 0 Å². The molecule has 27 heavy (non-hydrogen) atoms. The standard InChI is InChI=1S/C22H33NO3S/c1-3-4-5-16-7-11-21-20-9-6-15-14-17(24-27-26-25-23)8-10-18(15)19(20)12-13-22(16,21)2/h8,10,14,16,19-21H,3-7,9,11-13,23H2,1-2H3/t16-,19?,20?,21?,22?/m0/s1. The summed E-state index contributed by atoms with van der Waals surface area (Å²) in [4.78, 5) is 4.07. The normalized spacial score (nSPS) is 34.6. The lowest BCUT2D eigenvalue weighted by Crippen LogP contribution is -2.42. The molecule has 1 aromatic rings. The summed E-state index contributed by atoms with van der Waals surface area (Å²) in [5, 5.41) is 0. The molecule has 5 atom stereocenters. The number of nitrogens with two attached hydrogens (primary N) is 1. The summed E-state index contributed by atoms with van der Waals surface area (Å²) >= 11 is 0.751. The third-order valence-corrected chi connectivity index (χ3v) is 8.39. The Balaban J connectivity index is 1.49. The van der Waals surface area contributed by atoms with Gasteiger partial charge in [0.25, 0.3) is 12.3 Å². The first-order valence-corrected chi connectivity index (χ1v) is 11.3. The highest BCUT2D eigenvalue weighted by Gasteiger charge is 2.54. The molecule has 0 aromatic heterocycles. The minimum absolute atomic E-state index is 0.590. The molecule has 0 radical (unpaired) electrons. The van der Waals surface area contributed by atoms with Gasteiger partial charge in [-0.25, -0.2) is 0 Å². The largest absolute Gasteiger partial charge is 0.399 e. The van der Waals surface area contributed by atoms with Crippen LogP contribution in [0.4, 0.5) is 0 Å². The van der Waals surface area contributed by atoms with Crippen LogP contribution >= 0.6 is 12.3 Å². The lowest BCUT2D eigenvalue weighted by Gasteiger charge is -2.51. The van der Waals surface area contributed by atoms with Gasteiger partial charge < -0.3 is 4.18 Å². The lowest BCUT2D eigenvalue weighted by molar-refractivity contribution is -0.199. The minimum atomic E-state index is 0.590. The van der Waals surface area contributed by atoms with Crippen molar-refractivity contribution < 1.29 is 13.5 Å². The van der Waals surface area contributed by atoms with Crippen molar-refractivity contribution in [3.8, 4) is 5.75 Å². The quantitative estimate of drug-likeness (QED) is 0.263. The van der Waals surface area contributed by atoms with Crippen LogP contribution in [0.3, 0.4) is 0 Å². The van der Waals surface area contributed by atoms with Crippen molar-refractivity contribution in [2.75, 3.05) is 0 Å². The van der Waals surface area contributed by atoms with E-state index in [0.717, 1.165) is 41.7 Å². The van der Waals surface area contributed by atoms with E-state index in [0.29, 0.717) is 5.41 Å². The van der Waals surface area contributed by atoms with Gasteiger partial charge in [-0.2, -0.15) is 5.90 Å². The Kier molecular flexibility index (Phi) is 6.03. The molecule has 0 aliphatic heterocycles. The van der Waals surface area contributed by atoms with Crippen molar-refractivity contribution in [1.82, 2.24) is 0 Å². The molecular formula is C22H33NO3S. The van der Waals surface area contributed by atoms with E-state index in [1.807, 2.05) is 0 Å². The number of hydrogen-bond donors (Lipinski definition) is 1. The Morgan fingerprint density at radius 2 is 2.11 bits per heavy atom. The molecule has 2 fully saturated rings. The van der Waals surface area contributed by atoms with E-state index >= 15 is 0 Å². The Hall–Kier alpha value is -0.750. The molecule has 3 aliphatic carbocycles. The molecular weight excluding hydrogens is 358 g/mol. The maximum Gasteiger partial charge on any atom is 0.260 e. The topological polar surface area (TPSA) is 53.7 Å². The number of rotatable bonds is 7.